The molecule has 2 heterocycles. The molecule has 0 unspecified atom stereocenters. The number of hydrogen-bond donors (Lipinski definition) is 6. The summed E-state index contributed by atoms with van der Waals surface area (Å²) in [6, 6.07) is 17.4. The summed E-state index contributed by atoms with van der Waals surface area (Å²) in [6.07, 6.45) is -13.8. The number of primary amides is 2. The second-order valence-electron chi connectivity index (χ2n) is 13.3. The molecule has 8 N–H and O–H groups in total. The van der Waals surface area contributed by atoms with Crippen molar-refractivity contribution < 1.29 is 65.8 Å². The third-order valence-corrected chi connectivity index (χ3v) is 9.11. The highest BCUT2D eigenvalue weighted by atomic mass is 19.4. The van der Waals surface area contributed by atoms with Gasteiger partial charge in [0, 0.05) is 22.3 Å². The van der Waals surface area contributed by atoms with E-state index in [1.165, 1.54) is 60.7 Å². The van der Waals surface area contributed by atoms with Crippen LogP contribution in [0.25, 0.3) is 33.9 Å². The van der Waals surface area contributed by atoms with Gasteiger partial charge < -0.3 is 41.4 Å². The summed E-state index contributed by atoms with van der Waals surface area (Å²) in [5, 5.41) is 59.1. The average molecular weight is 887 g/mol. The van der Waals surface area contributed by atoms with Crippen LogP contribution >= 0.6 is 0 Å². The predicted octanol–water partition coefficient (Wildman–Crippen LogP) is 5.88. The number of nitrogens with zero attached hydrogens (tertiary/aromatic N) is 6. The zero-order chi connectivity index (χ0) is 46.7. The monoisotopic (exact) mass is 886 g/mol. The Kier molecular flexibility index (Phi) is 12.9. The van der Waals surface area contributed by atoms with Gasteiger partial charge in [0.25, 0.3) is 11.8 Å². The van der Waals surface area contributed by atoms with Gasteiger partial charge in [0.2, 0.25) is 0 Å². The molecule has 0 aliphatic rings. The molecule has 6 rings (SSSR count). The van der Waals surface area contributed by atoms with Crippen molar-refractivity contribution in [2.45, 2.75) is 24.6 Å². The largest absolute Gasteiger partial charge is 0.457 e. The summed E-state index contributed by atoms with van der Waals surface area (Å²) in [5.41, 5.74) is 1.90. The number of nitriles is 2. The molecule has 0 aliphatic carbocycles. The molecule has 0 radical (unpaired) electrons. The van der Waals surface area contributed by atoms with Crippen molar-refractivity contribution in [1.82, 2.24) is 19.9 Å². The van der Waals surface area contributed by atoms with Gasteiger partial charge >= 0.3 is 12.4 Å². The van der Waals surface area contributed by atoms with Gasteiger partial charge in [0.15, 0.2) is 11.6 Å². The minimum atomic E-state index is -5.47. The number of aliphatic hydroxyl groups is 4. The first-order chi connectivity index (χ1) is 30.3. The van der Waals surface area contributed by atoms with Gasteiger partial charge in [-0.05, 0) is 84.9 Å². The number of alkyl halides is 6. The number of hydrogen-bond acceptors (Lipinski definition) is 14. The van der Waals surface area contributed by atoms with E-state index in [-0.39, 0.29) is 57.1 Å². The van der Waals surface area contributed by atoms with Crippen LogP contribution in [0.4, 0.5) is 26.3 Å². The molecule has 2 amide bonds. The number of carbonyl (C=O) groups excluding carboxylic acids is 2. The van der Waals surface area contributed by atoms with Crippen LogP contribution in [-0.4, -0.2) is 65.4 Å². The fourth-order valence-corrected chi connectivity index (χ4v) is 6.14. The minimum Gasteiger partial charge on any atom is -0.457 e. The molecular formula is C42H28F6N8O8. The van der Waals surface area contributed by atoms with E-state index < -0.39 is 94.5 Å². The van der Waals surface area contributed by atoms with Gasteiger partial charge in [-0.25, -0.2) is 19.9 Å². The first-order valence-electron chi connectivity index (χ1n) is 18.1. The number of benzene rings is 4. The van der Waals surface area contributed by atoms with Crippen LogP contribution in [0.3, 0.4) is 0 Å². The molecule has 0 saturated heterocycles. The molecule has 0 bridgehead atoms. The van der Waals surface area contributed by atoms with Crippen LogP contribution in [0.5, 0.6) is 23.0 Å². The SMILES string of the molecule is N#Cc1ccc(Oc2ccc(-c3nc(C(N)=O)cc([C@@H](O)CO)n3)cc2)c(-c2c(Oc3ccc(-c4nc(C(N)=O)cc([C@H](O)CO)n4)cc3)ccc(C(F)(F)F)c2C#N)c1C(F)(F)F. The number of halogens is 6. The van der Waals surface area contributed by atoms with Crippen molar-refractivity contribution in [2.24, 2.45) is 11.5 Å². The van der Waals surface area contributed by atoms with E-state index in [0.29, 0.717) is 18.2 Å². The molecule has 0 spiro atoms. The molecule has 4 aromatic carbocycles. The highest BCUT2D eigenvalue weighted by molar-refractivity contribution is 5.92. The van der Waals surface area contributed by atoms with Crippen LogP contribution in [0.15, 0.2) is 84.9 Å². The van der Waals surface area contributed by atoms with E-state index in [9.17, 15) is 53.7 Å². The normalized spacial score (nSPS) is 12.4. The molecule has 2 aromatic heterocycles. The molecule has 0 aliphatic heterocycles. The van der Waals surface area contributed by atoms with Crippen molar-refractivity contribution in [3.63, 3.8) is 0 Å². The Labute approximate surface area is 355 Å². The van der Waals surface area contributed by atoms with E-state index in [2.05, 4.69) is 19.9 Å². The highest BCUT2D eigenvalue weighted by Gasteiger charge is 2.42. The zero-order valence-electron chi connectivity index (χ0n) is 32.2. The summed E-state index contributed by atoms with van der Waals surface area (Å²) in [6.45, 7) is -1.56. The Morgan fingerprint density at radius 2 is 1.06 bits per heavy atom. The highest BCUT2D eigenvalue weighted by Crippen LogP contribution is 2.51. The molecule has 326 valence electrons. The number of amides is 2. The van der Waals surface area contributed by atoms with Crippen LogP contribution < -0.4 is 20.9 Å². The minimum absolute atomic E-state index is 0.138. The Balaban J connectivity index is 1.50. The Bertz CT molecular complexity index is 2860. The van der Waals surface area contributed by atoms with Crippen LogP contribution in [0, 0.1) is 22.7 Å². The maximum Gasteiger partial charge on any atom is 0.418 e. The first kappa shape index (κ1) is 45.5. The first-order valence-corrected chi connectivity index (χ1v) is 18.1. The summed E-state index contributed by atoms with van der Waals surface area (Å²) < 4.78 is 101. The van der Waals surface area contributed by atoms with Crippen molar-refractivity contribution in [1.29, 1.82) is 10.5 Å². The molecule has 0 saturated carbocycles. The second kappa shape index (κ2) is 18.1. The molecule has 16 nitrogen and oxygen atoms in total. The maximum absolute atomic E-state index is 15.2. The van der Waals surface area contributed by atoms with E-state index in [4.69, 9.17) is 20.9 Å². The fraction of sp³-hybridized carbons (Fsp3) is 0.143. The van der Waals surface area contributed by atoms with Gasteiger partial charge in [0.1, 0.15) is 52.7 Å². The lowest BCUT2D eigenvalue weighted by molar-refractivity contribution is -0.138. The van der Waals surface area contributed by atoms with E-state index in [1.807, 2.05) is 0 Å². The number of rotatable bonds is 13. The summed E-state index contributed by atoms with van der Waals surface area (Å²) in [4.78, 5) is 40.1. The van der Waals surface area contributed by atoms with Crippen molar-refractivity contribution in [2.75, 3.05) is 13.2 Å². The van der Waals surface area contributed by atoms with E-state index >= 15 is 13.2 Å². The molecule has 64 heavy (non-hydrogen) atoms. The van der Waals surface area contributed by atoms with Crippen molar-refractivity contribution >= 4 is 11.8 Å². The lowest BCUT2D eigenvalue weighted by Gasteiger charge is -2.23. The summed E-state index contributed by atoms with van der Waals surface area (Å²) in [7, 11) is 0. The Morgan fingerprint density at radius 3 is 1.44 bits per heavy atom. The van der Waals surface area contributed by atoms with Gasteiger partial charge in [-0.2, -0.15) is 36.9 Å². The number of carbonyl (C=O) groups is 2. The predicted molar refractivity (Wildman–Crippen MR) is 208 cm³/mol. The summed E-state index contributed by atoms with van der Waals surface area (Å²) in [5.74, 6) is -4.36. The number of aromatic nitrogens is 4. The smallest absolute Gasteiger partial charge is 0.418 e. The second-order valence-corrected chi connectivity index (χ2v) is 13.3. The topological polar surface area (TPSA) is 285 Å². The zero-order valence-corrected chi connectivity index (χ0v) is 32.2. The summed E-state index contributed by atoms with van der Waals surface area (Å²) >= 11 is 0. The fourth-order valence-electron chi connectivity index (χ4n) is 6.14. The van der Waals surface area contributed by atoms with Gasteiger partial charge in [-0.1, -0.05) is 0 Å². The molecule has 2 atom stereocenters. The molecule has 0 fully saturated rings. The van der Waals surface area contributed by atoms with Crippen LogP contribution in [0.1, 0.15) is 66.8 Å². The third kappa shape index (κ3) is 9.55. The van der Waals surface area contributed by atoms with E-state index in [0.717, 1.165) is 18.2 Å². The third-order valence-electron chi connectivity index (χ3n) is 9.11. The van der Waals surface area contributed by atoms with E-state index in [1.54, 1.807) is 0 Å². The molecular weight excluding hydrogens is 858 g/mol. The van der Waals surface area contributed by atoms with Gasteiger partial charge in [-0.3, -0.25) is 9.59 Å². The number of ether oxygens (including phenoxy) is 2. The molecule has 6 aromatic rings. The quantitative estimate of drug-likeness (QED) is 0.0739. The maximum atomic E-state index is 15.2. The lowest BCUT2D eigenvalue weighted by atomic mass is 9.88. The van der Waals surface area contributed by atoms with Gasteiger partial charge in [-0.15, -0.1) is 0 Å². The Morgan fingerprint density at radius 1 is 0.625 bits per heavy atom. The standard InChI is InChI=1S/C42H28F6N8O8/c43-41(44,45)25-10-12-32(63-22-6-1-19(2-7-22)39-53-26(30(59)17-57)13-28(55-39)37(51)61)34(24(25)16-50)35-33(11-5-21(15-49)36(35)42(46,47)48)64-23-8-3-20(4-9-23)40-54-27(31(60)18-58)14-29(56-40)38(52)62/h1-14,30-31,57-60H,17-18H2,(H2,51,61)(H2,52,62)/t30-,31+/m1/s1. The molecule has 22 heteroatoms. The van der Waals surface area contributed by atoms with Gasteiger partial charge in [0.05, 0.1) is 52.9 Å². The average Bonchev–Trinajstić information content (AvgIpc) is 3.27. The van der Waals surface area contributed by atoms with Crippen molar-refractivity contribution in [3.8, 4) is 69.0 Å². The van der Waals surface area contributed by atoms with Crippen LogP contribution in [0.2, 0.25) is 0 Å². The number of aliphatic hydroxyl groups excluding tert-OH is 4. The van der Waals surface area contributed by atoms with Crippen LogP contribution in [-0.2, 0) is 12.4 Å². The number of nitrogens with two attached hydrogens (primary N) is 2. The van der Waals surface area contributed by atoms with Crippen molar-refractivity contribution in [3.05, 3.63) is 130 Å². The lowest BCUT2D eigenvalue weighted by Crippen LogP contribution is -2.16. The Hall–Kier alpha value is -8.02.